The highest BCUT2D eigenvalue weighted by molar-refractivity contribution is 5.76. The van der Waals surface area contributed by atoms with Gasteiger partial charge in [0.05, 0.1) is 0 Å². The summed E-state index contributed by atoms with van der Waals surface area (Å²) in [5.41, 5.74) is 0. The van der Waals surface area contributed by atoms with E-state index in [9.17, 15) is 4.79 Å². The molecule has 1 rings (SSSR count). The van der Waals surface area contributed by atoms with Crippen molar-refractivity contribution >= 4 is 5.91 Å². The average molecular weight is 241 g/mol. The van der Waals surface area contributed by atoms with Crippen molar-refractivity contribution in [2.45, 2.75) is 52.1 Å². The normalized spacial score (nSPS) is 17.7. The molecule has 0 atom stereocenters. The Balaban J connectivity index is 2.28. The van der Waals surface area contributed by atoms with Crippen LogP contribution in [0.5, 0.6) is 0 Å². The predicted molar refractivity (Wildman–Crippen MR) is 71.0 cm³/mol. The van der Waals surface area contributed by atoms with Crippen molar-refractivity contribution in [1.82, 2.24) is 15.5 Å². The van der Waals surface area contributed by atoms with Crippen molar-refractivity contribution in [3.63, 3.8) is 0 Å². The van der Waals surface area contributed by atoms with Crippen LogP contribution in [-0.2, 0) is 4.79 Å². The van der Waals surface area contributed by atoms with Crippen molar-refractivity contribution in [2.24, 2.45) is 0 Å². The average Bonchev–Trinajstić information content (AvgIpc) is 2.30. The van der Waals surface area contributed by atoms with Gasteiger partial charge in [-0.1, -0.05) is 6.92 Å². The van der Waals surface area contributed by atoms with Crippen LogP contribution in [0.25, 0.3) is 0 Å². The van der Waals surface area contributed by atoms with Gasteiger partial charge >= 0.3 is 0 Å². The molecule has 17 heavy (non-hydrogen) atoms. The number of rotatable bonds is 6. The number of hydrogen-bond acceptors (Lipinski definition) is 3. The van der Waals surface area contributed by atoms with E-state index in [1.165, 1.54) is 12.8 Å². The van der Waals surface area contributed by atoms with E-state index in [2.05, 4.69) is 22.5 Å². The molecule has 100 valence electrons. The number of carbonyl (C=O) groups is 1. The summed E-state index contributed by atoms with van der Waals surface area (Å²) in [6.07, 6.45) is 3.04. The second kappa shape index (κ2) is 7.67. The SMILES string of the molecule is CCN(CCC(=O)NC(C)C)C1CCNCC1. The Morgan fingerprint density at radius 1 is 1.41 bits per heavy atom. The van der Waals surface area contributed by atoms with Crippen LogP contribution in [0.15, 0.2) is 0 Å². The standard InChI is InChI=1S/C13H27N3O/c1-4-16(12-5-8-14-9-6-12)10-7-13(17)15-11(2)3/h11-12,14H,4-10H2,1-3H3,(H,15,17). The number of amides is 1. The minimum Gasteiger partial charge on any atom is -0.354 e. The lowest BCUT2D eigenvalue weighted by atomic mass is 10.0. The number of nitrogens with zero attached hydrogens (tertiary/aromatic N) is 1. The number of nitrogens with one attached hydrogen (secondary N) is 2. The summed E-state index contributed by atoms with van der Waals surface area (Å²) >= 11 is 0. The molecule has 2 N–H and O–H groups in total. The van der Waals surface area contributed by atoms with Crippen LogP contribution in [0.1, 0.15) is 40.0 Å². The van der Waals surface area contributed by atoms with Gasteiger partial charge in [-0.05, 0) is 46.3 Å². The van der Waals surface area contributed by atoms with Crippen LogP contribution in [0.4, 0.5) is 0 Å². The fourth-order valence-electron chi connectivity index (χ4n) is 2.41. The molecule has 1 fully saturated rings. The molecule has 4 nitrogen and oxygen atoms in total. The van der Waals surface area contributed by atoms with Crippen molar-refractivity contribution < 1.29 is 4.79 Å². The minimum absolute atomic E-state index is 0.174. The Morgan fingerprint density at radius 3 is 2.59 bits per heavy atom. The molecule has 0 aromatic carbocycles. The van der Waals surface area contributed by atoms with Crippen LogP contribution < -0.4 is 10.6 Å². The second-order valence-electron chi connectivity index (χ2n) is 5.08. The third-order valence-electron chi connectivity index (χ3n) is 3.31. The first-order chi connectivity index (χ1) is 8.13. The fourth-order valence-corrected chi connectivity index (χ4v) is 2.41. The Kier molecular flexibility index (Phi) is 6.52. The molecule has 1 heterocycles. The maximum absolute atomic E-state index is 11.6. The molecule has 0 aromatic heterocycles. The summed E-state index contributed by atoms with van der Waals surface area (Å²) in [6.45, 7) is 10.3. The van der Waals surface area contributed by atoms with Gasteiger partial charge in [-0.15, -0.1) is 0 Å². The molecule has 0 spiro atoms. The molecule has 0 saturated carbocycles. The largest absolute Gasteiger partial charge is 0.354 e. The van der Waals surface area contributed by atoms with E-state index in [4.69, 9.17) is 0 Å². The number of carbonyl (C=O) groups excluding carboxylic acids is 1. The van der Waals surface area contributed by atoms with Crippen molar-refractivity contribution in [3.05, 3.63) is 0 Å². The zero-order valence-corrected chi connectivity index (χ0v) is 11.5. The zero-order chi connectivity index (χ0) is 12.7. The van der Waals surface area contributed by atoms with Crippen LogP contribution in [0.2, 0.25) is 0 Å². The van der Waals surface area contributed by atoms with Crippen LogP contribution >= 0.6 is 0 Å². The molecular formula is C13H27N3O. The molecule has 0 radical (unpaired) electrons. The summed E-state index contributed by atoms with van der Waals surface area (Å²) in [6, 6.07) is 0.907. The summed E-state index contributed by atoms with van der Waals surface area (Å²) in [4.78, 5) is 14.1. The summed E-state index contributed by atoms with van der Waals surface area (Å²) in [5.74, 6) is 0.174. The zero-order valence-electron chi connectivity index (χ0n) is 11.5. The third-order valence-corrected chi connectivity index (χ3v) is 3.31. The van der Waals surface area contributed by atoms with Gasteiger partial charge in [-0.2, -0.15) is 0 Å². The van der Waals surface area contributed by atoms with Gasteiger partial charge in [-0.3, -0.25) is 4.79 Å². The van der Waals surface area contributed by atoms with E-state index >= 15 is 0 Å². The van der Waals surface area contributed by atoms with Crippen molar-refractivity contribution in [3.8, 4) is 0 Å². The number of hydrogen-bond donors (Lipinski definition) is 2. The molecule has 0 aliphatic carbocycles. The van der Waals surface area contributed by atoms with E-state index < -0.39 is 0 Å². The lowest BCUT2D eigenvalue weighted by Gasteiger charge is -2.33. The minimum atomic E-state index is 0.174. The highest BCUT2D eigenvalue weighted by Crippen LogP contribution is 2.11. The maximum Gasteiger partial charge on any atom is 0.221 e. The smallest absolute Gasteiger partial charge is 0.221 e. The van der Waals surface area contributed by atoms with E-state index in [1.54, 1.807) is 0 Å². The Bertz CT molecular complexity index is 225. The van der Waals surface area contributed by atoms with E-state index in [0.29, 0.717) is 12.5 Å². The van der Waals surface area contributed by atoms with E-state index in [0.717, 1.165) is 26.2 Å². The quantitative estimate of drug-likeness (QED) is 0.728. The van der Waals surface area contributed by atoms with E-state index in [1.807, 2.05) is 13.8 Å². The molecular weight excluding hydrogens is 214 g/mol. The molecule has 1 aliphatic heterocycles. The second-order valence-corrected chi connectivity index (χ2v) is 5.08. The van der Waals surface area contributed by atoms with Gasteiger partial charge in [0.2, 0.25) is 5.91 Å². The Morgan fingerprint density at radius 2 is 2.06 bits per heavy atom. The number of piperidine rings is 1. The molecule has 0 aromatic rings. The molecule has 1 aliphatic rings. The van der Waals surface area contributed by atoms with Gasteiger partial charge < -0.3 is 15.5 Å². The highest BCUT2D eigenvalue weighted by Gasteiger charge is 2.19. The fraction of sp³-hybridized carbons (Fsp3) is 0.923. The van der Waals surface area contributed by atoms with E-state index in [-0.39, 0.29) is 11.9 Å². The summed E-state index contributed by atoms with van der Waals surface area (Å²) in [7, 11) is 0. The van der Waals surface area contributed by atoms with Gasteiger partial charge in [0.1, 0.15) is 0 Å². The highest BCUT2D eigenvalue weighted by atomic mass is 16.1. The first-order valence-corrected chi connectivity index (χ1v) is 6.87. The Labute approximate surface area is 105 Å². The lowest BCUT2D eigenvalue weighted by molar-refractivity contribution is -0.122. The maximum atomic E-state index is 11.6. The summed E-state index contributed by atoms with van der Waals surface area (Å²) in [5, 5.41) is 6.33. The monoisotopic (exact) mass is 241 g/mol. The molecule has 1 amide bonds. The van der Waals surface area contributed by atoms with Crippen LogP contribution in [0.3, 0.4) is 0 Å². The van der Waals surface area contributed by atoms with Gasteiger partial charge in [0.15, 0.2) is 0 Å². The third kappa shape index (κ3) is 5.50. The predicted octanol–water partition coefficient (Wildman–Crippen LogP) is 0.975. The van der Waals surface area contributed by atoms with Crippen LogP contribution in [0, 0.1) is 0 Å². The molecule has 4 heteroatoms. The molecule has 1 saturated heterocycles. The van der Waals surface area contributed by atoms with Crippen LogP contribution in [-0.4, -0.2) is 49.1 Å². The van der Waals surface area contributed by atoms with Gasteiger partial charge in [0.25, 0.3) is 0 Å². The first-order valence-electron chi connectivity index (χ1n) is 6.87. The summed E-state index contributed by atoms with van der Waals surface area (Å²) < 4.78 is 0. The van der Waals surface area contributed by atoms with Crippen molar-refractivity contribution in [2.75, 3.05) is 26.2 Å². The lowest BCUT2D eigenvalue weighted by Crippen LogP contribution is -2.44. The molecule has 0 bridgehead atoms. The first kappa shape index (κ1) is 14.5. The topological polar surface area (TPSA) is 44.4 Å². The van der Waals surface area contributed by atoms with Crippen molar-refractivity contribution in [1.29, 1.82) is 0 Å². The Hall–Kier alpha value is -0.610. The van der Waals surface area contributed by atoms with Gasteiger partial charge in [0, 0.05) is 25.0 Å². The molecule has 0 unspecified atom stereocenters. The van der Waals surface area contributed by atoms with Gasteiger partial charge in [-0.25, -0.2) is 0 Å².